The van der Waals surface area contributed by atoms with Crippen LogP contribution < -0.4 is 0 Å². The van der Waals surface area contributed by atoms with E-state index in [9.17, 15) is 0 Å². The third-order valence-corrected chi connectivity index (χ3v) is 6.57. The van der Waals surface area contributed by atoms with Crippen molar-refractivity contribution >= 4 is 49.7 Å². The molecular weight excluding hydrogens is 392 g/mol. The molecule has 3 heterocycles. The molecule has 0 bridgehead atoms. The van der Waals surface area contributed by atoms with E-state index < -0.39 is 0 Å². The van der Waals surface area contributed by atoms with Gasteiger partial charge in [0.25, 0.3) is 0 Å². The Balaban J connectivity index is 1.74. The number of imidazole rings is 2. The maximum atomic E-state index is 5.30. The Bertz CT molecular complexity index is 1800. The van der Waals surface area contributed by atoms with Crippen LogP contribution in [0.4, 0.5) is 0 Å². The molecule has 7 aromatic rings. The van der Waals surface area contributed by atoms with Crippen molar-refractivity contribution in [3.63, 3.8) is 0 Å². The Labute approximate surface area is 184 Å². The fourth-order valence-electron chi connectivity index (χ4n) is 5.32. The van der Waals surface area contributed by atoms with Crippen molar-refractivity contribution in [3.05, 3.63) is 91.0 Å². The molecule has 3 aromatic heterocycles. The summed E-state index contributed by atoms with van der Waals surface area (Å²) in [6, 6.07) is 32.6. The Morgan fingerprint density at radius 2 is 1.31 bits per heavy atom. The third-order valence-electron chi connectivity index (χ3n) is 6.57. The van der Waals surface area contributed by atoms with E-state index in [2.05, 4.69) is 118 Å². The lowest BCUT2D eigenvalue weighted by atomic mass is 10.1. The number of aromatic nitrogens is 4. The number of nitrogens with zero attached hydrogens (tertiary/aromatic N) is 4. The first-order chi connectivity index (χ1) is 15.7. The van der Waals surface area contributed by atoms with E-state index in [-0.39, 0.29) is 0 Å². The largest absolute Gasteiger partial charge is 0.336 e. The summed E-state index contributed by atoms with van der Waals surface area (Å²) in [5.74, 6) is 0.945. The zero-order chi connectivity index (χ0) is 21.4. The molecule has 0 N–H and O–H groups in total. The second-order valence-corrected chi connectivity index (χ2v) is 8.72. The predicted octanol–water partition coefficient (Wildman–Crippen LogP) is 7.12. The van der Waals surface area contributed by atoms with E-state index in [4.69, 9.17) is 4.98 Å². The second-order valence-electron chi connectivity index (χ2n) is 8.72. The molecule has 0 radical (unpaired) electrons. The summed E-state index contributed by atoms with van der Waals surface area (Å²) in [6.45, 7) is 4.50. The van der Waals surface area contributed by atoms with Gasteiger partial charge in [0.05, 0.1) is 22.1 Å². The third kappa shape index (κ3) is 2.14. The molecule has 0 spiro atoms. The smallest absolute Gasteiger partial charge is 0.220 e. The lowest BCUT2D eigenvalue weighted by Crippen LogP contribution is -2.00. The summed E-state index contributed by atoms with van der Waals surface area (Å²) in [5.41, 5.74) is 8.12. The molecule has 0 saturated carbocycles. The zero-order valence-electron chi connectivity index (χ0n) is 18.0. The molecule has 0 fully saturated rings. The van der Waals surface area contributed by atoms with E-state index >= 15 is 0 Å². The quantitative estimate of drug-likeness (QED) is 0.296. The Kier molecular flexibility index (Phi) is 3.43. The summed E-state index contributed by atoms with van der Waals surface area (Å²) >= 11 is 0. The van der Waals surface area contributed by atoms with Crippen molar-refractivity contribution < 1.29 is 0 Å². The SMILES string of the molecule is CC(C)n1c2ccccc2c2ccc3c(nc4n(-c5ccccc5)c5ccccc5n34)c21. The van der Waals surface area contributed by atoms with E-state index in [0.29, 0.717) is 6.04 Å². The minimum absolute atomic E-state index is 0.331. The van der Waals surface area contributed by atoms with Crippen LogP contribution in [0.1, 0.15) is 19.9 Å². The molecule has 0 aliphatic heterocycles. The Hall–Kier alpha value is -4.05. The van der Waals surface area contributed by atoms with E-state index in [1.165, 1.54) is 27.3 Å². The number of para-hydroxylation sites is 4. The van der Waals surface area contributed by atoms with E-state index in [1.807, 2.05) is 0 Å². The van der Waals surface area contributed by atoms with E-state index in [1.54, 1.807) is 0 Å². The normalized spacial score (nSPS) is 12.3. The molecule has 0 aliphatic rings. The summed E-state index contributed by atoms with van der Waals surface area (Å²) in [7, 11) is 0. The minimum atomic E-state index is 0.331. The van der Waals surface area contributed by atoms with Crippen LogP contribution in [-0.4, -0.2) is 18.5 Å². The summed E-state index contributed by atoms with van der Waals surface area (Å²) in [5, 5.41) is 2.55. The van der Waals surface area contributed by atoms with Crippen LogP contribution in [0.3, 0.4) is 0 Å². The molecule has 4 aromatic carbocycles. The van der Waals surface area contributed by atoms with Crippen molar-refractivity contribution in [1.29, 1.82) is 0 Å². The fraction of sp³-hybridized carbons (Fsp3) is 0.107. The van der Waals surface area contributed by atoms with Gasteiger partial charge >= 0.3 is 0 Å². The van der Waals surface area contributed by atoms with Crippen LogP contribution in [0.15, 0.2) is 91.0 Å². The van der Waals surface area contributed by atoms with Crippen LogP contribution >= 0.6 is 0 Å². The Morgan fingerprint density at radius 3 is 2.09 bits per heavy atom. The second kappa shape index (κ2) is 6.24. The number of hydrogen-bond donors (Lipinski definition) is 0. The van der Waals surface area contributed by atoms with Crippen LogP contribution in [-0.2, 0) is 0 Å². The maximum Gasteiger partial charge on any atom is 0.220 e. The van der Waals surface area contributed by atoms with Crippen LogP contribution in [0.2, 0.25) is 0 Å². The van der Waals surface area contributed by atoms with Crippen molar-refractivity contribution in [2.75, 3.05) is 0 Å². The monoisotopic (exact) mass is 414 g/mol. The lowest BCUT2D eigenvalue weighted by Gasteiger charge is -2.11. The first kappa shape index (κ1) is 17.6. The van der Waals surface area contributed by atoms with Crippen LogP contribution in [0, 0.1) is 0 Å². The molecule has 154 valence electrons. The molecule has 7 rings (SSSR count). The molecular formula is C28H22N4. The molecule has 32 heavy (non-hydrogen) atoms. The number of hydrogen-bond acceptors (Lipinski definition) is 1. The number of fused-ring (bicyclic) bond motifs is 9. The van der Waals surface area contributed by atoms with Crippen molar-refractivity contribution in [2.24, 2.45) is 0 Å². The predicted molar refractivity (Wildman–Crippen MR) is 133 cm³/mol. The lowest BCUT2D eigenvalue weighted by molar-refractivity contribution is 0.643. The van der Waals surface area contributed by atoms with Crippen LogP contribution in [0.5, 0.6) is 0 Å². The fourth-order valence-corrected chi connectivity index (χ4v) is 5.32. The first-order valence-corrected chi connectivity index (χ1v) is 11.1. The van der Waals surface area contributed by atoms with Gasteiger partial charge in [0.2, 0.25) is 5.78 Å². The van der Waals surface area contributed by atoms with Gasteiger partial charge in [-0.05, 0) is 56.3 Å². The van der Waals surface area contributed by atoms with Gasteiger partial charge in [-0.3, -0.25) is 8.97 Å². The van der Waals surface area contributed by atoms with Gasteiger partial charge in [-0.25, -0.2) is 4.98 Å². The van der Waals surface area contributed by atoms with Gasteiger partial charge in [-0.1, -0.05) is 48.5 Å². The minimum Gasteiger partial charge on any atom is -0.336 e. The molecule has 0 atom stereocenters. The number of benzene rings is 4. The van der Waals surface area contributed by atoms with Gasteiger partial charge in [0, 0.05) is 28.0 Å². The molecule has 4 nitrogen and oxygen atoms in total. The van der Waals surface area contributed by atoms with E-state index in [0.717, 1.165) is 28.0 Å². The standard InChI is InChI=1S/C28H22N4/c1-18(2)30-22-13-7-6-12-20(22)21-16-17-25-26(27(21)30)29-28-31(19-10-4-3-5-11-19)23-14-8-9-15-24(23)32(25)28/h3-18H,1-2H3. The highest BCUT2D eigenvalue weighted by Crippen LogP contribution is 2.38. The average Bonchev–Trinajstić information content (AvgIpc) is 3.46. The summed E-state index contributed by atoms with van der Waals surface area (Å²) in [4.78, 5) is 5.30. The summed E-state index contributed by atoms with van der Waals surface area (Å²) in [6.07, 6.45) is 0. The maximum absolute atomic E-state index is 5.30. The van der Waals surface area contributed by atoms with Crippen molar-refractivity contribution in [1.82, 2.24) is 18.5 Å². The molecule has 0 unspecified atom stereocenters. The topological polar surface area (TPSA) is 27.2 Å². The van der Waals surface area contributed by atoms with Gasteiger partial charge in [-0.2, -0.15) is 0 Å². The van der Waals surface area contributed by atoms with Crippen molar-refractivity contribution in [3.8, 4) is 5.69 Å². The Morgan fingerprint density at radius 1 is 0.625 bits per heavy atom. The number of rotatable bonds is 2. The zero-order valence-corrected chi connectivity index (χ0v) is 18.0. The van der Waals surface area contributed by atoms with Crippen molar-refractivity contribution in [2.45, 2.75) is 19.9 Å². The van der Waals surface area contributed by atoms with Gasteiger partial charge in [0.1, 0.15) is 5.52 Å². The molecule has 0 amide bonds. The van der Waals surface area contributed by atoms with Gasteiger partial charge in [0.15, 0.2) is 0 Å². The van der Waals surface area contributed by atoms with Gasteiger partial charge < -0.3 is 4.57 Å². The first-order valence-electron chi connectivity index (χ1n) is 11.1. The highest BCUT2D eigenvalue weighted by Gasteiger charge is 2.21. The van der Waals surface area contributed by atoms with Crippen LogP contribution in [0.25, 0.3) is 55.3 Å². The van der Waals surface area contributed by atoms with Gasteiger partial charge in [-0.15, -0.1) is 0 Å². The molecule has 0 saturated heterocycles. The highest BCUT2D eigenvalue weighted by molar-refractivity contribution is 6.17. The summed E-state index contributed by atoms with van der Waals surface area (Å²) < 4.78 is 7.01. The average molecular weight is 415 g/mol. The molecule has 0 aliphatic carbocycles. The molecule has 4 heteroatoms. The highest BCUT2D eigenvalue weighted by atomic mass is 15.2.